The molecule has 0 atom stereocenters. The van der Waals surface area contributed by atoms with E-state index in [0.29, 0.717) is 26.3 Å². The molecule has 1 heterocycles. The van der Waals surface area contributed by atoms with Crippen LogP contribution in [0.2, 0.25) is 10.0 Å². The second-order valence-electron chi connectivity index (χ2n) is 7.00. The normalized spacial score (nSPS) is 15.0. The lowest BCUT2D eigenvalue weighted by Crippen LogP contribution is -2.27. The number of amides is 2. The second kappa shape index (κ2) is 9.77. The van der Waals surface area contributed by atoms with Gasteiger partial charge in [0, 0.05) is 0 Å². The van der Waals surface area contributed by atoms with E-state index in [1.54, 1.807) is 54.6 Å². The Morgan fingerprint density at radius 2 is 1.69 bits per heavy atom. The van der Waals surface area contributed by atoms with Crippen LogP contribution in [0.1, 0.15) is 16.7 Å². The van der Waals surface area contributed by atoms with Crippen LogP contribution in [0.3, 0.4) is 0 Å². The number of rotatable bonds is 6. The highest BCUT2D eigenvalue weighted by Gasteiger charge is 2.35. The highest BCUT2D eigenvalue weighted by Crippen LogP contribution is 2.34. The molecule has 1 saturated heterocycles. The van der Waals surface area contributed by atoms with Gasteiger partial charge in [-0.05, 0) is 70.9 Å². The Hall–Kier alpha value is -2.80. The first-order chi connectivity index (χ1) is 15.4. The average Bonchev–Trinajstić information content (AvgIpc) is 3.03. The molecule has 0 radical (unpaired) electrons. The van der Waals surface area contributed by atoms with Gasteiger partial charge in [0.05, 0.1) is 21.5 Å². The SMILES string of the molecule is O=C1S/C(=C\c2cccc(OCc3ccc(F)cc3)c2)C(=O)N1Cc1ccc(Cl)c(Cl)c1. The summed E-state index contributed by atoms with van der Waals surface area (Å²) in [5.74, 6) is -0.0781. The van der Waals surface area contributed by atoms with Gasteiger partial charge in [-0.1, -0.05) is 53.5 Å². The van der Waals surface area contributed by atoms with E-state index < -0.39 is 0 Å². The number of nitrogens with zero attached hydrogens (tertiary/aromatic N) is 1. The lowest BCUT2D eigenvalue weighted by molar-refractivity contribution is -0.123. The van der Waals surface area contributed by atoms with Crippen LogP contribution in [0.15, 0.2) is 71.6 Å². The van der Waals surface area contributed by atoms with Gasteiger partial charge >= 0.3 is 0 Å². The third-order valence-electron chi connectivity index (χ3n) is 4.67. The van der Waals surface area contributed by atoms with E-state index in [1.807, 2.05) is 6.07 Å². The summed E-state index contributed by atoms with van der Waals surface area (Å²) in [6.45, 7) is 0.392. The molecular weight excluding hydrogens is 472 g/mol. The molecule has 3 aromatic carbocycles. The number of imide groups is 1. The molecule has 0 N–H and O–H groups in total. The fraction of sp³-hybridized carbons (Fsp3) is 0.0833. The Morgan fingerprint density at radius 3 is 2.44 bits per heavy atom. The van der Waals surface area contributed by atoms with Crippen LogP contribution in [-0.2, 0) is 17.9 Å². The molecule has 4 nitrogen and oxygen atoms in total. The van der Waals surface area contributed by atoms with E-state index >= 15 is 0 Å². The molecule has 0 unspecified atom stereocenters. The maximum Gasteiger partial charge on any atom is 0.293 e. The number of halogens is 3. The first kappa shape index (κ1) is 22.4. The maximum atomic E-state index is 13.0. The zero-order chi connectivity index (χ0) is 22.7. The summed E-state index contributed by atoms with van der Waals surface area (Å²) in [7, 11) is 0. The molecule has 8 heteroatoms. The van der Waals surface area contributed by atoms with Crippen LogP contribution < -0.4 is 4.74 Å². The van der Waals surface area contributed by atoms with Crippen molar-refractivity contribution in [3.8, 4) is 5.75 Å². The van der Waals surface area contributed by atoms with Gasteiger partial charge in [0.15, 0.2) is 0 Å². The maximum absolute atomic E-state index is 13.0. The number of ether oxygens (including phenoxy) is 1. The second-order valence-corrected chi connectivity index (χ2v) is 8.81. The predicted octanol–water partition coefficient (Wildman–Crippen LogP) is 6.95. The van der Waals surface area contributed by atoms with Crippen molar-refractivity contribution in [2.24, 2.45) is 0 Å². The molecule has 0 aromatic heterocycles. The van der Waals surface area contributed by atoms with Gasteiger partial charge in [-0.25, -0.2) is 4.39 Å². The first-order valence-electron chi connectivity index (χ1n) is 9.55. The van der Waals surface area contributed by atoms with Crippen molar-refractivity contribution in [2.75, 3.05) is 0 Å². The molecule has 0 saturated carbocycles. The molecular formula is C24H16Cl2FNO3S. The van der Waals surface area contributed by atoms with E-state index in [-0.39, 0.29) is 30.1 Å². The molecule has 2 amide bonds. The standard InChI is InChI=1S/C24H16Cl2FNO3S/c25-20-9-6-17(11-21(20)26)13-28-23(29)22(32-24(28)30)12-16-2-1-3-19(10-16)31-14-15-4-7-18(27)8-5-15/h1-12H,13-14H2/b22-12-. The van der Waals surface area contributed by atoms with E-state index in [4.69, 9.17) is 27.9 Å². The van der Waals surface area contributed by atoms with Crippen LogP contribution in [0.4, 0.5) is 9.18 Å². The Labute approximate surface area is 198 Å². The fourth-order valence-electron chi connectivity index (χ4n) is 3.05. The van der Waals surface area contributed by atoms with E-state index in [1.165, 1.54) is 17.0 Å². The minimum absolute atomic E-state index is 0.111. The zero-order valence-corrected chi connectivity index (χ0v) is 18.9. The van der Waals surface area contributed by atoms with Crippen LogP contribution in [0.25, 0.3) is 6.08 Å². The van der Waals surface area contributed by atoms with Crippen molar-refractivity contribution in [3.63, 3.8) is 0 Å². The molecule has 1 fully saturated rings. The summed E-state index contributed by atoms with van der Waals surface area (Å²) in [4.78, 5) is 26.7. The molecule has 4 rings (SSSR count). The molecule has 3 aromatic rings. The van der Waals surface area contributed by atoms with Gasteiger partial charge in [0.2, 0.25) is 0 Å². The lowest BCUT2D eigenvalue weighted by atomic mass is 10.2. The zero-order valence-electron chi connectivity index (χ0n) is 16.6. The number of hydrogen-bond donors (Lipinski definition) is 0. The van der Waals surface area contributed by atoms with Gasteiger partial charge in [0.25, 0.3) is 11.1 Å². The third kappa shape index (κ3) is 5.33. The lowest BCUT2D eigenvalue weighted by Gasteiger charge is -2.13. The Bertz CT molecular complexity index is 1210. The van der Waals surface area contributed by atoms with Gasteiger partial charge in [0.1, 0.15) is 18.2 Å². The smallest absolute Gasteiger partial charge is 0.293 e. The Kier molecular flexibility index (Phi) is 6.84. The van der Waals surface area contributed by atoms with E-state index in [0.717, 1.165) is 22.9 Å². The minimum Gasteiger partial charge on any atom is -0.489 e. The Balaban J connectivity index is 1.45. The molecule has 0 aliphatic carbocycles. The van der Waals surface area contributed by atoms with Crippen molar-refractivity contribution in [3.05, 3.63) is 104 Å². The number of hydrogen-bond acceptors (Lipinski definition) is 4. The number of carbonyl (C=O) groups excluding carboxylic acids is 2. The largest absolute Gasteiger partial charge is 0.489 e. The van der Waals surface area contributed by atoms with Crippen molar-refractivity contribution >= 4 is 52.2 Å². The minimum atomic E-state index is -0.372. The summed E-state index contributed by atoms with van der Waals surface area (Å²) in [5.41, 5.74) is 2.26. The van der Waals surface area contributed by atoms with Gasteiger partial charge in [-0.3, -0.25) is 14.5 Å². The highest BCUT2D eigenvalue weighted by molar-refractivity contribution is 8.18. The number of benzene rings is 3. The van der Waals surface area contributed by atoms with Gasteiger partial charge in [-0.2, -0.15) is 0 Å². The number of carbonyl (C=O) groups is 2. The predicted molar refractivity (Wildman–Crippen MR) is 125 cm³/mol. The van der Waals surface area contributed by atoms with Crippen LogP contribution in [0.5, 0.6) is 5.75 Å². The fourth-order valence-corrected chi connectivity index (χ4v) is 4.21. The molecule has 1 aliphatic heterocycles. The quantitative estimate of drug-likeness (QED) is 0.353. The van der Waals surface area contributed by atoms with Crippen molar-refractivity contribution < 1.29 is 18.7 Å². The summed E-state index contributed by atoms with van der Waals surface area (Å²) in [6, 6.07) is 18.2. The van der Waals surface area contributed by atoms with Crippen LogP contribution >= 0.6 is 35.0 Å². The van der Waals surface area contributed by atoms with Gasteiger partial charge in [-0.15, -0.1) is 0 Å². The van der Waals surface area contributed by atoms with E-state index in [9.17, 15) is 14.0 Å². The van der Waals surface area contributed by atoms with E-state index in [2.05, 4.69) is 0 Å². The molecule has 32 heavy (non-hydrogen) atoms. The first-order valence-corrected chi connectivity index (χ1v) is 11.1. The Morgan fingerprint density at radius 1 is 0.938 bits per heavy atom. The third-order valence-corrected chi connectivity index (χ3v) is 6.32. The summed E-state index contributed by atoms with van der Waals surface area (Å²) < 4.78 is 18.8. The topological polar surface area (TPSA) is 46.6 Å². The number of thioether (sulfide) groups is 1. The molecule has 162 valence electrons. The summed E-state index contributed by atoms with van der Waals surface area (Å²) in [6.07, 6.45) is 1.66. The van der Waals surface area contributed by atoms with Crippen molar-refractivity contribution in [1.29, 1.82) is 0 Å². The average molecular weight is 488 g/mol. The molecule has 0 bridgehead atoms. The van der Waals surface area contributed by atoms with Crippen molar-refractivity contribution in [2.45, 2.75) is 13.2 Å². The van der Waals surface area contributed by atoms with Gasteiger partial charge < -0.3 is 4.74 Å². The molecule has 1 aliphatic rings. The van der Waals surface area contributed by atoms with Crippen LogP contribution in [-0.4, -0.2) is 16.0 Å². The highest BCUT2D eigenvalue weighted by atomic mass is 35.5. The summed E-state index contributed by atoms with van der Waals surface area (Å²) in [5, 5.41) is 0.422. The monoisotopic (exact) mass is 487 g/mol. The van der Waals surface area contributed by atoms with Crippen LogP contribution in [0, 0.1) is 5.82 Å². The summed E-state index contributed by atoms with van der Waals surface area (Å²) >= 11 is 12.8. The molecule has 0 spiro atoms. The van der Waals surface area contributed by atoms with Crippen molar-refractivity contribution in [1.82, 2.24) is 4.90 Å².